The van der Waals surface area contributed by atoms with E-state index in [2.05, 4.69) is 0 Å². The van der Waals surface area contributed by atoms with Crippen LogP contribution in [0.3, 0.4) is 0 Å². The first kappa shape index (κ1) is 19.7. The van der Waals surface area contributed by atoms with Crippen LogP contribution in [0.5, 0.6) is 0 Å². The number of carbonyl (C=O) groups is 1. The van der Waals surface area contributed by atoms with Gasteiger partial charge in [0.25, 0.3) is 11.6 Å². The zero-order valence-corrected chi connectivity index (χ0v) is 17.1. The van der Waals surface area contributed by atoms with Crippen molar-refractivity contribution in [3.63, 3.8) is 0 Å². The van der Waals surface area contributed by atoms with Gasteiger partial charge in [0.2, 0.25) is 0 Å². The van der Waals surface area contributed by atoms with Crippen molar-refractivity contribution in [1.82, 2.24) is 4.90 Å². The summed E-state index contributed by atoms with van der Waals surface area (Å²) in [7, 11) is 4.84. The Kier molecular flexibility index (Phi) is 4.56. The van der Waals surface area contributed by atoms with Gasteiger partial charge in [-0.1, -0.05) is 57.8 Å². The average molecular weight is 411 g/mol. The van der Waals surface area contributed by atoms with E-state index in [-0.39, 0.29) is 17.0 Å². The van der Waals surface area contributed by atoms with Gasteiger partial charge in [0.15, 0.2) is 5.60 Å². The number of alkyl halides is 2. The Morgan fingerprint density at radius 2 is 1.52 bits per heavy atom. The molecule has 1 N–H and O–H groups in total. The number of carbonyl (C=O) groups excluding carboxylic acids is 1. The molecule has 2 unspecified atom stereocenters. The van der Waals surface area contributed by atoms with Gasteiger partial charge in [-0.15, -0.1) is 0 Å². The van der Waals surface area contributed by atoms with E-state index >= 15 is 0 Å². The monoisotopic (exact) mass is 411 g/mol. The molecule has 0 heterocycles. The highest BCUT2D eigenvalue weighted by atomic mass is 31.0. The second-order valence-corrected chi connectivity index (χ2v) is 8.14. The number of hydrogen-bond donors (Lipinski definition) is 1. The Balaban J connectivity index is 1.83. The third-order valence-electron chi connectivity index (χ3n) is 5.37. The van der Waals surface area contributed by atoms with Gasteiger partial charge >= 0.3 is 0 Å². The lowest BCUT2D eigenvalue weighted by molar-refractivity contribution is -0.0963. The third-order valence-corrected chi connectivity index (χ3v) is 5.79. The molecule has 148 valence electrons. The van der Waals surface area contributed by atoms with Gasteiger partial charge in [-0.3, -0.25) is 4.79 Å². The quantitative estimate of drug-likeness (QED) is 0.633. The van der Waals surface area contributed by atoms with Crippen molar-refractivity contribution in [2.24, 2.45) is 0 Å². The van der Waals surface area contributed by atoms with Crippen molar-refractivity contribution in [2.75, 3.05) is 14.1 Å². The van der Waals surface area contributed by atoms with E-state index in [1.807, 2.05) is 6.07 Å². The van der Waals surface area contributed by atoms with E-state index < -0.39 is 11.3 Å². The fourth-order valence-corrected chi connectivity index (χ4v) is 4.17. The number of hydrogen-bond acceptors (Lipinski definition) is 2. The number of rotatable bonds is 3. The zero-order valence-electron chi connectivity index (χ0n) is 16.0. The van der Waals surface area contributed by atoms with Crippen LogP contribution in [0.4, 0.5) is 8.78 Å². The molecule has 3 aromatic carbocycles. The molecule has 1 amide bonds. The van der Waals surface area contributed by atoms with Crippen molar-refractivity contribution in [3.8, 4) is 22.3 Å². The second kappa shape index (κ2) is 6.72. The molecule has 0 bridgehead atoms. The summed E-state index contributed by atoms with van der Waals surface area (Å²) in [6.45, 7) is 0. The first-order valence-corrected chi connectivity index (χ1v) is 9.68. The lowest BCUT2D eigenvalue weighted by Crippen LogP contribution is -2.40. The van der Waals surface area contributed by atoms with Gasteiger partial charge in [-0.05, 0) is 40.5 Å². The van der Waals surface area contributed by atoms with Crippen LogP contribution >= 0.6 is 9.24 Å². The third kappa shape index (κ3) is 2.97. The van der Waals surface area contributed by atoms with Crippen LogP contribution in [0.1, 0.15) is 21.5 Å². The minimum absolute atomic E-state index is 0.113. The van der Waals surface area contributed by atoms with E-state index in [4.69, 9.17) is 0 Å². The molecule has 29 heavy (non-hydrogen) atoms. The van der Waals surface area contributed by atoms with Gasteiger partial charge in [0.05, 0.1) is 0 Å². The Morgan fingerprint density at radius 1 is 0.931 bits per heavy atom. The second-order valence-electron chi connectivity index (χ2n) is 7.42. The fraction of sp³-hybridized carbons (Fsp3) is 0.174. The molecular formula is C23H20F2NO2P. The Bertz CT molecular complexity index is 1110. The van der Waals surface area contributed by atoms with Crippen LogP contribution in [0.2, 0.25) is 0 Å². The molecular weight excluding hydrogens is 391 g/mol. The van der Waals surface area contributed by atoms with Crippen LogP contribution in [-0.2, 0) is 5.60 Å². The Hall–Kier alpha value is -2.62. The van der Waals surface area contributed by atoms with E-state index in [9.17, 15) is 18.7 Å². The minimum Gasteiger partial charge on any atom is -0.374 e. The normalized spacial score (nSPS) is 17.6. The van der Waals surface area contributed by atoms with Crippen molar-refractivity contribution in [3.05, 3.63) is 83.4 Å². The van der Waals surface area contributed by atoms with Gasteiger partial charge < -0.3 is 10.0 Å². The molecule has 2 atom stereocenters. The van der Waals surface area contributed by atoms with Crippen LogP contribution in [0.25, 0.3) is 22.3 Å². The first-order chi connectivity index (χ1) is 13.6. The molecule has 1 aliphatic rings. The predicted molar refractivity (Wildman–Crippen MR) is 113 cm³/mol. The lowest BCUT2D eigenvalue weighted by Gasteiger charge is -2.31. The van der Waals surface area contributed by atoms with Crippen LogP contribution < -0.4 is 0 Å². The average Bonchev–Trinajstić information content (AvgIpc) is 2.97. The van der Waals surface area contributed by atoms with Crippen LogP contribution in [0.15, 0.2) is 66.7 Å². The summed E-state index contributed by atoms with van der Waals surface area (Å²) >= 11 is 0. The zero-order chi connectivity index (χ0) is 21.0. The van der Waals surface area contributed by atoms with Crippen LogP contribution in [-0.4, -0.2) is 35.7 Å². The molecule has 3 nitrogen and oxygen atoms in total. The van der Waals surface area contributed by atoms with Crippen LogP contribution in [0, 0.1) is 0 Å². The highest BCUT2D eigenvalue weighted by Crippen LogP contribution is 2.57. The molecule has 0 saturated carbocycles. The molecule has 4 rings (SSSR count). The topological polar surface area (TPSA) is 40.5 Å². The summed E-state index contributed by atoms with van der Waals surface area (Å²) in [6.07, 6.45) is 0. The molecule has 1 aliphatic carbocycles. The van der Waals surface area contributed by atoms with Crippen molar-refractivity contribution in [2.45, 2.75) is 11.3 Å². The summed E-state index contributed by atoms with van der Waals surface area (Å²) in [5, 5.41) is 11.2. The van der Waals surface area contributed by atoms with Gasteiger partial charge in [0, 0.05) is 30.8 Å². The predicted octanol–water partition coefficient (Wildman–Crippen LogP) is 4.74. The van der Waals surface area contributed by atoms with Gasteiger partial charge in [-0.25, -0.2) is 0 Å². The molecule has 0 radical (unpaired) electrons. The summed E-state index contributed by atoms with van der Waals surface area (Å²) in [6, 6.07) is 18.9. The van der Waals surface area contributed by atoms with E-state index in [0.717, 1.165) is 5.56 Å². The maximum absolute atomic E-state index is 14.6. The maximum atomic E-state index is 14.6. The fourth-order valence-electron chi connectivity index (χ4n) is 3.86. The lowest BCUT2D eigenvalue weighted by atomic mass is 9.89. The number of amides is 1. The number of benzene rings is 3. The van der Waals surface area contributed by atoms with Crippen molar-refractivity contribution in [1.29, 1.82) is 0 Å². The van der Waals surface area contributed by atoms with Gasteiger partial charge in [0.1, 0.15) is 0 Å². The molecule has 0 aliphatic heterocycles. The number of halogens is 2. The summed E-state index contributed by atoms with van der Waals surface area (Å²) in [5.41, 5.74) is -2.32. The van der Waals surface area contributed by atoms with E-state index in [0.29, 0.717) is 22.3 Å². The standard InChI is InChI=1S/C23H20F2NO2P/c1-26(2)21(27)15-9-7-14(8-10-15)16-11-12-18-17-5-3-4-6-19(17)22(28,20(18)13-16)23(24,25)29/h3-13,28H,29H2,1-2H3. The molecule has 0 aromatic heterocycles. The molecule has 6 heteroatoms. The highest BCUT2D eigenvalue weighted by molar-refractivity contribution is 7.18. The van der Waals surface area contributed by atoms with Crippen molar-refractivity contribution >= 4 is 15.1 Å². The molecule has 0 saturated heterocycles. The Morgan fingerprint density at radius 3 is 2.14 bits per heavy atom. The summed E-state index contributed by atoms with van der Waals surface area (Å²) in [5.74, 6) is -0.113. The Labute approximate surface area is 170 Å². The van der Waals surface area contributed by atoms with Crippen molar-refractivity contribution < 1.29 is 18.7 Å². The number of aliphatic hydroxyl groups is 1. The molecule has 0 fully saturated rings. The SMILES string of the molecule is CN(C)C(=O)c1ccc(-c2ccc3c(c2)C(O)(C(F)(F)P)c2ccccc2-3)cc1. The smallest absolute Gasteiger partial charge is 0.295 e. The molecule has 3 aromatic rings. The maximum Gasteiger partial charge on any atom is 0.295 e. The largest absolute Gasteiger partial charge is 0.374 e. The van der Waals surface area contributed by atoms with E-state index in [1.165, 1.54) is 20.2 Å². The van der Waals surface area contributed by atoms with Gasteiger partial charge in [-0.2, -0.15) is 8.78 Å². The number of fused-ring (bicyclic) bond motifs is 3. The van der Waals surface area contributed by atoms with E-state index in [1.54, 1.807) is 68.7 Å². The highest BCUT2D eigenvalue weighted by Gasteiger charge is 2.56. The summed E-state index contributed by atoms with van der Waals surface area (Å²) < 4.78 is 29.2. The number of nitrogens with zero attached hydrogens (tertiary/aromatic N) is 1. The first-order valence-electron chi connectivity index (χ1n) is 9.10. The summed E-state index contributed by atoms with van der Waals surface area (Å²) in [4.78, 5) is 13.6. The molecule has 0 spiro atoms. The minimum atomic E-state index is -3.45.